The second kappa shape index (κ2) is 18.0. The maximum absolute atomic E-state index is 12.7. The van der Waals surface area contributed by atoms with Crippen molar-refractivity contribution in [3.63, 3.8) is 0 Å². The van der Waals surface area contributed by atoms with E-state index < -0.39 is 0 Å². The van der Waals surface area contributed by atoms with Gasteiger partial charge in [-0.1, -0.05) is 58.9 Å². The van der Waals surface area contributed by atoms with Gasteiger partial charge in [0, 0.05) is 13.1 Å². The number of carbonyl (C=O) groups is 2. The fourth-order valence-electron chi connectivity index (χ4n) is 2.44. The highest BCUT2D eigenvalue weighted by Crippen LogP contribution is 2.26. The maximum Gasteiger partial charge on any atom is 0.256 e. The molecule has 2 N–H and O–H groups in total. The molecule has 1 aromatic carbocycles. The van der Waals surface area contributed by atoms with Gasteiger partial charge in [0.1, 0.15) is 6.54 Å². The van der Waals surface area contributed by atoms with Crippen molar-refractivity contribution in [1.82, 2.24) is 10.2 Å². The van der Waals surface area contributed by atoms with E-state index in [1.165, 1.54) is 6.42 Å². The number of anilines is 1. The van der Waals surface area contributed by atoms with Crippen LogP contribution in [0, 0.1) is 0 Å². The van der Waals surface area contributed by atoms with Crippen molar-refractivity contribution in [2.75, 3.05) is 38.3 Å². The molecule has 0 spiro atoms. The smallest absolute Gasteiger partial charge is 0.256 e. The number of carbonyl (C=O) groups excluding carboxylic acids is 2. The van der Waals surface area contributed by atoms with Crippen LogP contribution in [0.1, 0.15) is 57.0 Å². The second-order valence-corrected chi connectivity index (χ2v) is 5.79. The molecule has 5 nitrogen and oxygen atoms in total. The number of allylic oxidation sites excluding steroid dienone is 3. The number of nitrogens with zero attached hydrogens (tertiary/aromatic N) is 1. The number of thiol groups is 1. The van der Waals surface area contributed by atoms with Crippen LogP contribution in [0.4, 0.5) is 5.69 Å². The topological polar surface area (TPSA) is 61.4 Å². The lowest BCUT2D eigenvalue weighted by molar-refractivity contribution is -0.116. The third kappa shape index (κ3) is 9.81. The van der Waals surface area contributed by atoms with Crippen molar-refractivity contribution in [1.29, 1.82) is 0 Å². The SMILES string of the molecule is C=C/C(=C\C)c1ccc2c(c1)C(=O)N(CCNC)CC(=O)N2.CC.CCC.CS. The molecule has 1 aliphatic heterocycles. The monoisotopic (exact) mass is 421 g/mol. The number of nitrogens with one attached hydrogen (secondary N) is 2. The van der Waals surface area contributed by atoms with Crippen LogP contribution in [-0.2, 0) is 4.79 Å². The number of fused-ring (bicyclic) bond motifs is 1. The largest absolute Gasteiger partial charge is 0.328 e. The molecule has 0 bridgehead atoms. The third-order valence-corrected chi connectivity index (χ3v) is 3.64. The van der Waals surface area contributed by atoms with E-state index in [9.17, 15) is 9.59 Å². The summed E-state index contributed by atoms with van der Waals surface area (Å²) in [7, 11) is 1.82. The molecule has 0 fully saturated rings. The van der Waals surface area contributed by atoms with Gasteiger partial charge in [-0.3, -0.25) is 9.59 Å². The Morgan fingerprint density at radius 3 is 2.34 bits per heavy atom. The first-order valence-electron chi connectivity index (χ1n) is 10.1. The normalized spacial score (nSPS) is 12.6. The van der Waals surface area contributed by atoms with Crippen LogP contribution < -0.4 is 10.6 Å². The molecule has 2 amide bonds. The van der Waals surface area contributed by atoms with Gasteiger partial charge in [0.25, 0.3) is 5.91 Å². The molecule has 0 aliphatic carbocycles. The molecular weight excluding hydrogens is 382 g/mol. The summed E-state index contributed by atoms with van der Waals surface area (Å²) >= 11 is 3.53. The number of hydrogen-bond acceptors (Lipinski definition) is 4. The summed E-state index contributed by atoms with van der Waals surface area (Å²) in [5.74, 6) is -0.309. The molecule has 164 valence electrons. The Labute approximate surface area is 183 Å². The van der Waals surface area contributed by atoms with Crippen molar-refractivity contribution in [2.24, 2.45) is 0 Å². The summed E-state index contributed by atoms with van der Waals surface area (Å²) in [4.78, 5) is 26.2. The molecule has 1 aromatic rings. The Hall–Kier alpha value is -2.05. The van der Waals surface area contributed by atoms with Crippen molar-refractivity contribution >= 4 is 35.7 Å². The predicted octanol–water partition coefficient (Wildman–Crippen LogP) is 4.88. The molecule has 1 aliphatic rings. The highest BCUT2D eigenvalue weighted by Gasteiger charge is 2.26. The summed E-state index contributed by atoms with van der Waals surface area (Å²) in [6.07, 6.45) is 6.63. The Kier molecular flexibility index (Phi) is 18.1. The minimum Gasteiger partial charge on any atom is -0.328 e. The quantitative estimate of drug-likeness (QED) is 0.469. The second-order valence-electron chi connectivity index (χ2n) is 5.79. The summed E-state index contributed by atoms with van der Waals surface area (Å²) in [6, 6.07) is 5.47. The summed E-state index contributed by atoms with van der Waals surface area (Å²) in [6.45, 7) is 15.2. The van der Waals surface area contributed by atoms with E-state index in [2.05, 4.69) is 43.7 Å². The molecule has 6 heteroatoms. The lowest BCUT2D eigenvalue weighted by atomic mass is 10.0. The first-order chi connectivity index (χ1) is 14.0. The highest BCUT2D eigenvalue weighted by molar-refractivity contribution is 7.79. The van der Waals surface area contributed by atoms with Crippen LogP contribution in [0.2, 0.25) is 0 Å². The highest BCUT2D eigenvalue weighted by atomic mass is 32.1. The molecule has 0 saturated heterocycles. The third-order valence-electron chi connectivity index (χ3n) is 3.64. The van der Waals surface area contributed by atoms with Crippen LogP contribution in [-0.4, -0.2) is 49.7 Å². The van der Waals surface area contributed by atoms with Crippen molar-refractivity contribution in [3.8, 4) is 0 Å². The van der Waals surface area contributed by atoms with Gasteiger partial charge in [-0.15, -0.1) is 0 Å². The number of likely N-dealkylation sites (N-methyl/N-ethyl adjacent to an activating group) is 1. The Balaban J connectivity index is 0. The molecule has 2 rings (SSSR count). The Bertz CT molecular complexity index is 658. The fraction of sp³-hybridized carbons (Fsp3) is 0.478. The Morgan fingerprint density at radius 1 is 1.28 bits per heavy atom. The lowest BCUT2D eigenvalue weighted by Crippen LogP contribution is -2.39. The predicted molar refractivity (Wildman–Crippen MR) is 131 cm³/mol. The molecule has 0 atom stereocenters. The van der Waals surface area contributed by atoms with Gasteiger partial charge in [0.2, 0.25) is 5.91 Å². The van der Waals surface area contributed by atoms with Crippen LogP contribution in [0.25, 0.3) is 5.57 Å². The van der Waals surface area contributed by atoms with Crippen LogP contribution in [0.3, 0.4) is 0 Å². The molecule has 1 heterocycles. The maximum atomic E-state index is 12.7. The molecule has 0 unspecified atom stereocenters. The summed E-state index contributed by atoms with van der Waals surface area (Å²) in [5, 5.41) is 5.79. The number of amides is 2. The first kappa shape index (κ1) is 29.2. The zero-order valence-electron chi connectivity index (χ0n) is 19.1. The average Bonchev–Trinajstić information content (AvgIpc) is 2.87. The Morgan fingerprint density at radius 2 is 1.86 bits per heavy atom. The van der Waals surface area contributed by atoms with E-state index in [1.54, 1.807) is 23.3 Å². The van der Waals surface area contributed by atoms with Crippen LogP contribution in [0.5, 0.6) is 0 Å². The van der Waals surface area contributed by atoms with Gasteiger partial charge >= 0.3 is 0 Å². The van der Waals surface area contributed by atoms with Gasteiger partial charge in [0.15, 0.2) is 0 Å². The van der Waals surface area contributed by atoms with Crippen molar-refractivity contribution in [2.45, 2.75) is 41.0 Å². The minimum absolute atomic E-state index is 0.0719. The van der Waals surface area contributed by atoms with Gasteiger partial charge in [-0.25, -0.2) is 0 Å². The minimum atomic E-state index is -0.175. The van der Waals surface area contributed by atoms with Gasteiger partial charge in [-0.05, 0) is 43.5 Å². The number of benzene rings is 1. The average molecular weight is 422 g/mol. The molecular formula is C23H39N3O2S. The first-order valence-corrected chi connectivity index (χ1v) is 11.0. The molecule has 0 radical (unpaired) electrons. The van der Waals surface area contributed by atoms with Gasteiger partial charge in [0.05, 0.1) is 11.3 Å². The number of rotatable bonds is 5. The van der Waals surface area contributed by atoms with E-state index >= 15 is 0 Å². The molecule has 0 aromatic heterocycles. The van der Waals surface area contributed by atoms with E-state index in [0.717, 1.165) is 11.1 Å². The van der Waals surface area contributed by atoms with E-state index in [-0.39, 0.29) is 18.4 Å². The zero-order valence-corrected chi connectivity index (χ0v) is 20.0. The standard InChI is InChI=1S/C17H21N3O2.C3H8.C2H6.CH4S/c1-4-12(5-2)13-6-7-15-14(10-13)17(22)20(9-8-18-3)11-16(21)19-15;1-3-2;2*1-2/h4-7,10,18H,1,8-9,11H2,2-3H3,(H,19,21);3H2,1-2H3;1-2H3;2H,1H3/b12-5+;;;. The van der Waals surface area contributed by atoms with Crippen molar-refractivity contribution in [3.05, 3.63) is 48.1 Å². The van der Waals surface area contributed by atoms with Crippen LogP contribution in [0.15, 0.2) is 36.9 Å². The van der Waals surface area contributed by atoms with E-state index in [1.807, 2.05) is 46.0 Å². The van der Waals surface area contributed by atoms with Gasteiger partial charge < -0.3 is 15.5 Å². The number of hydrogen-bond donors (Lipinski definition) is 3. The van der Waals surface area contributed by atoms with Crippen molar-refractivity contribution < 1.29 is 9.59 Å². The van der Waals surface area contributed by atoms with Crippen LogP contribution >= 0.6 is 12.6 Å². The lowest BCUT2D eigenvalue weighted by Gasteiger charge is -2.19. The van der Waals surface area contributed by atoms with Gasteiger partial charge in [-0.2, -0.15) is 12.6 Å². The van der Waals surface area contributed by atoms with E-state index in [0.29, 0.717) is 24.3 Å². The summed E-state index contributed by atoms with van der Waals surface area (Å²) < 4.78 is 0. The zero-order chi connectivity index (χ0) is 22.8. The fourth-order valence-corrected chi connectivity index (χ4v) is 2.44. The molecule has 29 heavy (non-hydrogen) atoms. The summed E-state index contributed by atoms with van der Waals surface area (Å²) in [5.41, 5.74) is 2.94. The van der Waals surface area contributed by atoms with E-state index in [4.69, 9.17) is 0 Å². The molecule has 0 saturated carbocycles.